The molecule has 0 unspecified atom stereocenters. The molecule has 7 rings (SSSR count). The van der Waals surface area contributed by atoms with Gasteiger partial charge in [-0.25, -0.2) is 14.6 Å². The lowest BCUT2D eigenvalue weighted by atomic mass is 9.98. The van der Waals surface area contributed by atoms with Gasteiger partial charge in [-0.3, -0.25) is 19.5 Å². The molecule has 5 heterocycles. The average Bonchev–Trinajstić information content (AvgIpc) is 3.90. The Balaban J connectivity index is 0.924. The Hall–Kier alpha value is -5.24. The summed E-state index contributed by atoms with van der Waals surface area (Å²) in [6.45, 7) is 10.6. The van der Waals surface area contributed by atoms with E-state index in [9.17, 15) is 14.7 Å². The van der Waals surface area contributed by atoms with Crippen LogP contribution in [0.5, 0.6) is 5.88 Å². The number of benzene rings is 2. The summed E-state index contributed by atoms with van der Waals surface area (Å²) >= 11 is 0. The van der Waals surface area contributed by atoms with Gasteiger partial charge in [0, 0.05) is 67.9 Å². The number of likely N-dealkylation sites (tertiary alicyclic amines) is 1. The van der Waals surface area contributed by atoms with Crippen molar-refractivity contribution in [3.05, 3.63) is 95.5 Å². The van der Waals surface area contributed by atoms with Crippen LogP contribution in [0.1, 0.15) is 62.8 Å². The normalized spacial score (nSPS) is 18.8. The minimum atomic E-state index is -1.07. The second-order valence-corrected chi connectivity index (χ2v) is 15.2. The number of anilines is 1. The summed E-state index contributed by atoms with van der Waals surface area (Å²) in [6, 6.07) is 17.8. The molecule has 2 aromatic heterocycles. The average molecular weight is 733 g/mol. The van der Waals surface area contributed by atoms with Gasteiger partial charge in [0.1, 0.15) is 6.33 Å². The molecule has 2 aromatic carbocycles. The molecule has 2 amide bonds. The third kappa shape index (κ3) is 8.28. The number of methoxy groups -OCH3 is 1. The summed E-state index contributed by atoms with van der Waals surface area (Å²) in [5.41, 5.74) is 5.66. The van der Waals surface area contributed by atoms with E-state index < -0.39 is 11.2 Å². The maximum Gasteiger partial charge on any atom is 0.258 e. The summed E-state index contributed by atoms with van der Waals surface area (Å²) in [5.74, 6) is 0.972. The summed E-state index contributed by atoms with van der Waals surface area (Å²) < 4.78 is 13.2. The van der Waals surface area contributed by atoms with Crippen molar-refractivity contribution in [2.45, 2.75) is 70.9 Å². The molecule has 3 aliphatic rings. The van der Waals surface area contributed by atoms with Gasteiger partial charge in [-0.1, -0.05) is 36.4 Å². The molecule has 1 fully saturated rings. The van der Waals surface area contributed by atoms with Crippen LogP contribution in [0.4, 0.5) is 5.69 Å². The fourth-order valence-electron chi connectivity index (χ4n) is 7.20. The third-order valence-corrected chi connectivity index (χ3v) is 10.0. The van der Waals surface area contributed by atoms with Crippen LogP contribution in [0.2, 0.25) is 0 Å². The van der Waals surface area contributed by atoms with Crippen LogP contribution in [0.25, 0.3) is 17.0 Å². The molecule has 0 saturated carbocycles. The van der Waals surface area contributed by atoms with Crippen molar-refractivity contribution in [2.75, 3.05) is 45.2 Å². The van der Waals surface area contributed by atoms with Crippen LogP contribution in [0.15, 0.2) is 78.2 Å². The van der Waals surface area contributed by atoms with E-state index in [0.717, 1.165) is 39.9 Å². The van der Waals surface area contributed by atoms with Crippen molar-refractivity contribution >= 4 is 28.8 Å². The Kier molecular flexibility index (Phi) is 10.5. The van der Waals surface area contributed by atoms with Crippen molar-refractivity contribution < 1.29 is 24.2 Å². The third-order valence-electron chi connectivity index (χ3n) is 10.0. The molecule has 0 bridgehead atoms. The first-order chi connectivity index (χ1) is 25.9. The molecule has 1 saturated heterocycles. The maximum atomic E-state index is 13.8. The molecule has 282 valence electrons. The lowest BCUT2D eigenvalue weighted by Gasteiger charge is -2.30. The number of ether oxygens (including phenoxy) is 2. The van der Waals surface area contributed by atoms with E-state index in [1.807, 2.05) is 66.1 Å². The number of aliphatic imine (C=N–C) groups is 1. The van der Waals surface area contributed by atoms with Crippen molar-refractivity contribution in [2.24, 2.45) is 4.99 Å². The van der Waals surface area contributed by atoms with E-state index in [1.165, 1.54) is 5.57 Å². The molecular weight excluding hydrogens is 685 g/mol. The molecule has 13 nitrogen and oxygen atoms in total. The Morgan fingerprint density at radius 2 is 1.80 bits per heavy atom. The van der Waals surface area contributed by atoms with Crippen LogP contribution < -0.4 is 10.1 Å². The number of aliphatic hydroxyl groups is 1. The number of nitrogens with zero attached hydrogens (tertiary/aromatic N) is 7. The van der Waals surface area contributed by atoms with Gasteiger partial charge in [0.15, 0.2) is 11.4 Å². The first-order valence-electron chi connectivity index (χ1n) is 18.5. The zero-order chi connectivity index (χ0) is 38.0. The van der Waals surface area contributed by atoms with Gasteiger partial charge >= 0.3 is 0 Å². The lowest BCUT2D eigenvalue weighted by molar-refractivity contribution is -0.138. The van der Waals surface area contributed by atoms with Gasteiger partial charge < -0.3 is 24.8 Å². The van der Waals surface area contributed by atoms with Crippen molar-refractivity contribution in [1.29, 1.82) is 0 Å². The fourth-order valence-corrected chi connectivity index (χ4v) is 7.20. The van der Waals surface area contributed by atoms with E-state index in [-0.39, 0.29) is 24.5 Å². The van der Waals surface area contributed by atoms with Crippen LogP contribution in [-0.4, -0.2) is 109 Å². The smallest absolute Gasteiger partial charge is 0.258 e. The van der Waals surface area contributed by atoms with E-state index in [0.29, 0.717) is 63.1 Å². The highest BCUT2D eigenvalue weighted by molar-refractivity contribution is 6.15. The van der Waals surface area contributed by atoms with Crippen molar-refractivity contribution in [1.82, 2.24) is 29.5 Å². The number of rotatable bonds is 12. The van der Waals surface area contributed by atoms with E-state index in [1.54, 1.807) is 38.2 Å². The first kappa shape index (κ1) is 37.1. The molecule has 13 heteroatoms. The van der Waals surface area contributed by atoms with Crippen LogP contribution in [-0.2, 0) is 27.4 Å². The zero-order valence-corrected chi connectivity index (χ0v) is 31.6. The maximum absolute atomic E-state index is 13.8. The quantitative estimate of drug-likeness (QED) is 0.214. The van der Waals surface area contributed by atoms with Gasteiger partial charge in [0.05, 0.1) is 37.1 Å². The lowest BCUT2D eigenvalue weighted by Crippen LogP contribution is -2.48. The Bertz CT molecular complexity index is 2070. The van der Waals surface area contributed by atoms with Crippen LogP contribution >= 0.6 is 0 Å². The Morgan fingerprint density at radius 3 is 2.48 bits per heavy atom. The van der Waals surface area contributed by atoms with Gasteiger partial charge in [-0.2, -0.15) is 5.10 Å². The molecule has 0 aliphatic carbocycles. The minimum absolute atomic E-state index is 0.0319. The topological polar surface area (TPSA) is 147 Å². The summed E-state index contributed by atoms with van der Waals surface area (Å²) in [6.07, 6.45) is 6.77. The molecule has 54 heavy (non-hydrogen) atoms. The molecular formula is C41H48N8O5. The second kappa shape index (κ2) is 15.2. The Labute approximate surface area is 315 Å². The van der Waals surface area contributed by atoms with Gasteiger partial charge in [-0.15, -0.1) is 0 Å². The predicted molar refractivity (Wildman–Crippen MR) is 206 cm³/mol. The van der Waals surface area contributed by atoms with Crippen LogP contribution in [0.3, 0.4) is 0 Å². The fraction of sp³-hybridized carbons (Fsp3) is 0.415. The van der Waals surface area contributed by atoms with Gasteiger partial charge in [0.2, 0.25) is 11.8 Å². The molecule has 0 spiro atoms. The second-order valence-electron chi connectivity index (χ2n) is 15.2. The number of nitrogens with one attached hydrogen (secondary N) is 1. The van der Waals surface area contributed by atoms with E-state index in [2.05, 4.69) is 38.6 Å². The number of amides is 2. The number of hydrogen-bond donors (Lipinski definition) is 2. The molecule has 0 radical (unpaired) electrons. The Morgan fingerprint density at radius 1 is 1.02 bits per heavy atom. The number of pyridine rings is 1. The number of hydrogen-bond acceptors (Lipinski definition) is 10. The van der Waals surface area contributed by atoms with E-state index >= 15 is 0 Å². The number of carbonyl (C=O) groups excluding carboxylic acids is 2. The van der Waals surface area contributed by atoms with Crippen LogP contribution in [0, 0.1) is 0 Å². The molecule has 4 aromatic rings. The number of fused-ring (bicyclic) bond motifs is 1. The number of aromatic nitrogens is 4. The summed E-state index contributed by atoms with van der Waals surface area (Å²) in [7, 11) is 1.56. The monoisotopic (exact) mass is 732 g/mol. The highest BCUT2D eigenvalue weighted by atomic mass is 16.5. The standard InChI is InChI=1S/C41H48N8O5/c1-27(2)54-35-13-11-32(22-42-35)37-34-20-33(12-10-31(34)21-43-37)45-39(51)41(53-5)16-19-47(25-41)23-36(50)48-17-14-29(15-18-48)28-6-8-30(9-7-28)38-44-26-49(46-38)24-40(3,4)52/h6-14,20,22,26-27,52H,15-19,21,23-25H2,1-5H3,(H,45,51)/t41-/m0/s1. The van der Waals surface area contributed by atoms with E-state index in [4.69, 9.17) is 14.5 Å². The highest BCUT2D eigenvalue weighted by Crippen LogP contribution is 2.31. The predicted octanol–water partition coefficient (Wildman–Crippen LogP) is 4.59. The summed E-state index contributed by atoms with van der Waals surface area (Å²) in [5, 5.41) is 17.7. The van der Waals surface area contributed by atoms with Crippen molar-refractivity contribution in [3.63, 3.8) is 0 Å². The van der Waals surface area contributed by atoms with Crippen molar-refractivity contribution in [3.8, 4) is 17.3 Å². The minimum Gasteiger partial charge on any atom is -0.475 e. The zero-order valence-electron chi connectivity index (χ0n) is 31.6. The largest absolute Gasteiger partial charge is 0.475 e. The highest BCUT2D eigenvalue weighted by Gasteiger charge is 2.45. The molecule has 3 aliphatic heterocycles. The molecule has 1 atom stereocenters. The number of carbonyl (C=O) groups is 2. The molecule has 2 N–H and O–H groups in total. The first-order valence-corrected chi connectivity index (χ1v) is 18.5. The SMILES string of the molecule is CO[C@@]1(C(=O)Nc2ccc3c(c2)C(c2ccc(OC(C)C)nc2)=NC3)CCN(CC(=O)N2CC=C(c3ccc(-c4ncn(CC(C)(C)O)n4)cc3)CC2)C1. The summed E-state index contributed by atoms with van der Waals surface area (Å²) in [4.78, 5) is 44.7. The van der Waals surface area contributed by atoms with Gasteiger partial charge in [-0.05, 0) is 75.4 Å². The van der Waals surface area contributed by atoms with Gasteiger partial charge in [0.25, 0.3) is 5.91 Å².